The molecule has 112 valence electrons. The number of carbonyl (C=O) groups excluding carboxylic acids is 2. The Morgan fingerprint density at radius 3 is 2.45 bits per heavy atom. The van der Waals surface area contributed by atoms with Crippen molar-refractivity contribution < 1.29 is 14.3 Å². The number of nitrogens with zero attached hydrogens (tertiary/aromatic N) is 3. The van der Waals surface area contributed by atoms with Crippen molar-refractivity contribution in [3.05, 3.63) is 17.0 Å². The Balaban J connectivity index is 2.82. The van der Waals surface area contributed by atoms with Crippen LogP contribution >= 0.6 is 0 Å². The molecule has 1 amide bonds. The molecule has 6 nitrogen and oxygen atoms in total. The second kappa shape index (κ2) is 7.07. The van der Waals surface area contributed by atoms with E-state index in [2.05, 4.69) is 9.84 Å². The lowest BCUT2D eigenvalue weighted by atomic mass is 10.1. The first-order valence-corrected chi connectivity index (χ1v) is 6.74. The predicted molar refractivity (Wildman–Crippen MR) is 75.3 cm³/mol. The second-order valence-electron chi connectivity index (χ2n) is 4.84. The normalized spacial score (nSPS) is 10.4. The summed E-state index contributed by atoms with van der Waals surface area (Å²) in [5.41, 5.74) is 2.77. The molecule has 1 heterocycles. The number of esters is 1. The predicted octanol–water partition coefficient (Wildman–Crippen LogP) is 0.991. The molecule has 0 atom stereocenters. The summed E-state index contributed by atoms with van der Waals surface area (Å²) >= 11 is 0. The summed E-state index contributed by atoms with van der Waals surface area (Å²) in [6.45, 7) is 6.35. The fourth-order valence-electron chi connectivity index (χ4n) is 2.12. The zero-order valence-corrected chi connectivity index (χ0v) is 12.9. The van der Waals surface area contributed by atoms with Crippen LogP contribution in [-0.4, -0.2) is 46.8 Å². The van der Waals surface area contributed by atoms with E-state index in [1.807, 2.05) is 27.8 Å². The van der Waals surface area contributed by atoms with E-state index in [0.717, 1.165) is 23.4 Å². The van der Waals surface area contributed by atoms with E-state index in [-0.39, 0.29) is 18.9 Å². The molecule has 0 N–H and O–H groups in total. The van der Waals surface area contributed by atoms with Gasteiger partial charge in [-0.3, -0.25) is 14.3 Å². The number of rotatable bonds is 6. The average Bonchev–Trinajstić information content (AvgIpc) is 2.64. The first-order chi connectivity index (χ1) is 9.40. The van der Waals surface area contributed by atoms with E-state index in [4.69, 9.17) is 0 Å². The molecule has 0 fully saturated rings. The molecule has 0 aliphatic carbocycles. The fraction of sp³-hybridized carbons (Fsp3) is 0.643. The van der Waals surface area contributed by atoms with Crippen LogP contribution in [0.5, 0.6) is 0 Å². The molecule has 0 saturated carbocycles. The highest BCUT2D eigenvalue weighted by Gasteiger charge is 2.20. The van der Waals surface area contributed by atoms with Gasteiger partial charge in [0, 0.05) is 24.8 Å². The minimum atomic E-state index is -0.397. The Bertz CT molecular complexity index is 494. The first-order valence-electron chi connectivity index (χ1n) is 6.74. The lowest BCUT2D eigenvalue weighted by Gasteiger charge is -2.20. The van der Waals surface area contributed by atoms with Crippen molar-refractivity contribution in [3.63, 3.8) is 0 Å². The summed E-state index contributed by atoms with van der Waals surface area (Å²) < 4.78 is 6.40. The van der Waals surface area contributed by atoms with Gasteiger partial charge < -0.3 is 9.64 Å². The number of aryl methyl sites for hydroxylation is 2. The van der Waals surface area contributed by atoms with Crippen LogP contribution in [0.25, 0.3) is 0 Å². The number of carbonyl (C=O) groups is 2. The van der Waals surface area contributed by atoms with Crippen LogP contribution < -0.4 is 0 Å². The summed E-state index contributed by atoms with van der Waals surface area (Å²) in [5, 5.41) is 4.30. The summed E-state index contributed by atoms with van der Waals surface area (Å²) in [7, 11) is 3.18. The van der Waals surface area contributed by atoms with Gasteiger partial charge in [0.25, 0.3) is 0 Å². The van der Waals surface area contributed by atoms with Crippen molar-refractivity contribution in [2.24, 2.45) is 7.05 Å². The summed E-state index contributed by atoms with van der Waals surface area (Å²) in [6, 6.07) is 0. The minimum Gasteiger partial charge on any atom is -0.468 e. The van der Waals surface area contributed by atoms with Crippen LogP contribution in [0.15, 0.2) is 0 Å². The zero-order chi connectivity index (χ0) is 15.3. The van der Waals surface area contributed by atoms with Gasteiger partial charge in [0.05, 0.1) is 19.2 Å². The van der Waals surface area contributed by atoms with E-state index in [1.165, 1.54) is 12.0 Å². The zero-order valence-electron chi connectivity index (χ0n) is 12.9. The maximum atomic E-state index is 12.3. The number of amides is 1. The maximum absolute atomic E-state index is 12.3. The fourth-order valence-corrected chi connectivity index (χ4v) is 2.12. The molecule has 0 bridgehead atoms. The molecule has 1 rings (SSSR count). The third-order valence-electron chi connectivity index (χ3n) is 3.38. The van der Waals surface area contributed by atoms with Crippen molar-refractivity contribution in [2.45, 2.75) is 33.6 Å². The smallest absolute Gasteiger partial charge is 0.325 e. The van der Waals surface area contributed by atoms with Crippen LogP contribution in [0.4, 0.5) is 0 Å². The van der Waals surface area contributed by atoms with Gasteiger partial charge in [-0.05, 0) is 20.3 Å². The van der Waals surface area contributed by atoms with Gasteiger partial charge in [-0.25, -0.2) is 0 Å². The molecule has 1 aromatic rings. The molecule has 0 aliphatic heterocycles. The summed E-state index contributed by atoms with van der Waals surface area (Å²) in [5.74, 6) is -0.470. The van der Waals surface area contributed by atoms with E-state index in [1.54, 1.807) is 4.68 Å². The molecule has 0 aromatic carbocycles. The molecule has 6 heteroatoms. The SMILES string of the molecule is CCCN(CC(=O)OC)C(=O)Cc1c(C)nn(C)c1C. The van der Waals surface area contributed by atoms with Crippen molar-refractivity contribution in [3.8, 4) is 0 Å². The number of methoxy groups -OCH3 is 1. The monoisotopic (exact) mass is 281 g/mol. The molecular formula is C14H23N3O3. The molecule has 20 heavy (non-hydrogen) atoms. The van der Waals surface area contributed by atoms with Gasteiger partial charge in [-0.1, -0.05) is 6.92 Å². The lowest BCUT2D eigenvalue weighted by Crippen LogP contribution is -2.37. The molecule has 1 aromatic heterocycles. The molecule has 0 saturated heterocycles. The quantitative estimate of drug-likeness (QED) is 0.729. The van der Waals surface area contributed by atoms with Gasteiger partial charge in [0.1, 0.15) is 6.54 Å². The minimum absolute atomic E-state index is 0.00152. The van der Waals surface area contributed by atoms with Gasteiger partial charge in [0.2, 0.25) is 5.91 Å². The number of aromatic nitrogens is 2. The van der Waals surface area contributed by atoms with Gasteiger partial charge >= 0.3 is 5.97 Å². The topological polar surface area (TPSA) is 64.4 Å². The van der Waals surface area contributed by atoms with E-state index >= 15 is 0 Å². The van der Waals surface area contributed by atoms with Gasteiger partial charge in [-0.2, -0.15) is 5.10 Å². The maximum Gasteiger partial charge on any atom is 0.325 e. The van der Waals surface area contributed by atoms with E-state index in [9.17, 15) is 9.59 Å². The average molecular weight is 281 g/mol. The lowest BCUT2D eigenvalue weighted by molar-refractivity contribution is -0.146. The third-order valence-corrected chi connectivity index (χ3v) is 3.38. The molecule has 0 aliphatic rings. The Morgan fingerprint density at radius 1 is 1.35 bits per heavy atom. The van der Waals surface area contributed by atoms with Gasteiger partial charge in [0.15, 0.2) is 0 Å². The molecule has 0 spiro atoms. The van der Waals surface area contributed by atoms with Crippen LogP contribution in [-0.2, 0) is 27.8 Å². The molecular weight excluding hydrogens is 258 g/mol. The van der Waals surface area contributed by atoms with Crippen LogP contribution in [0.1, 0.15) is 30.3 Å². The summed E-state index contributed by atoms with van der Waals surface area (Å²) in [6.07, 6.45) is 1.07. The largest absolute Gasteiger partial charge is 0.468 e. The van der Waals surface area contributed by atoms with Crippen LogP contribution in [0.2, 0.25) is 0 Å². The highest BCUT2D eigenvalue weighted by molar-refractivity contribution is 5.83. The Morgan fingerprint density at radius 2 is 2.00 bits per heavy atom. The highest BCUT2D eigenvalue weighted by Crippen LogP contribution is 2.14. The van der Waals surface area contributed by atoms with Crippen LogP contribution in [0, 0.1) is 13.8 Å². The van der Waals surface area contributed by atoms with Crippen molar-refractivity contribution in [1.29, 1.82) is 0 Å². The second-order valence-corrected chi connectivity index (χ2v) is 4.84. The van der Waals surface area contributed by atoms with Gasteiger partial charge in [-0.15, -0.1) is 0 Å². The van der Waals surface area contributed by atoms with E-state index < -0.39 is 5.97 Å². The Kier molecular flexibility index (Phi) is 5.73. The molecule has 0 radical (unpaired) electrons. The van der Waals surface area contributed by atoms with E-state index in [0.29, 0.717) is 6.54 Å². The van der Waals surface area contributed by atoms with Crippen molar-refractivity contribution in [1.82, 2.24) is 14.7 Å². The standard InChI is InChI=1S/C14H23N3O3/c1-6-7-17(9-14(19)20-5)13(18)8-12-10(2)15-16(4)11(12)3/h6-9H2,1-5H3. The summed E-state index contributed by atoms with van der Waals surface area (Å²) in [4.78, 5) is 25.2. The Labute approximate surface area is 119 Å². The molecule has 0 unspecified atom stereocenters. The van der Waals surface area contributed by atoms with Crippen molar-refractivity contribution in [2.75, 3.05) is 20.2 Å². The number of hydrogen-bond donors (Lipinski definition) is 0. The first kappa shape index (κ1) is 16.2. The highest BCUT2D eigenvalue weighted by atomic mass is 16.5. The number of hydrogen-bond acceptors (Lipinski definition) is 4. The number of ether oxygens (including phenoxy) is 1. The Hall–Kier alpha value is -1.85. The third kappa shape index (κ3) is 3.82. The van der Waals surface area contributed by atoms with Crippen LogP contribution in [0.3, 0.4) is 0 Å². The van der Waals surface area contributed by atoms with Crippen molar-refractivity contribution >= 4 is 11.9 Å².